The lowest BCUT2D eigenvalue weighted by Crippen LogP contribution is -2.43. The number of rotatable bonds is 9. The summed E-state index contributed by atoms with van der Waals surface area (Å²) in [5, 5.41) is 0. The molecule has 0 rings (SSSR count). The smallest absolute Gasteiger partial charge is 0.312 e. The molecular weight excluding hydrogens is 324 g/mol. The van der Waals surface area contributed by atoms with Crippen molar-refractivity contribution in [2.24, 2.45) is 22.2 Å². The van der Waals surface area contributed by atoms with Crippen LogP contribution in [0.3, 0.4) is 0 Å². The van der Waals surface area contributed by atoms with E-state index in [-0.39, 0.29) is 22.4 Å². The van der Waals surface area contributed by atoms with Gasteiger partial charge >= 0.3 is 5.97 Å². The standard InChI is InChI=1S/C23H46O3/c1-17(2)20(6,7)16-25-21(8,9)14-15-22(10,11)26-18(24)23(12,13)19(3,4)5/h17H,14-16H2,1-13H3. The minimum atomic E-state index is -0.530. The molecule has 0 spiro atoms. The maximum atomic E-state index is 12.7. The van der Waals surface area contributed by atoms with Gasteiger partial charge in [0.2, 0.25) is 0 Å². The predicted octanol–water partition coefficient (Wildman–Crippen LogP) is 6.64. The molecule has 26 heavy (non-hydrogen) atoms. The fourth-order valence-corrected chi connectivity index (χ4v) is 1.96. The average Bonchev–Trinajstić information content (AvgIpc) is 2.42. The van der Waals surface area contributed by atoms with Gasteiger partial charge in [0.05, 0.1) is 17.6 Å². The Morgan fingerprint density at radius 1 is 0.769 bits per heavy atom. The Labute approximate surface area is 163 Å². The van der Waals surface area contributed by atoms with Crippen molar-refractivity contribution in [1.29, 1.82) is 0 Å². The third-order valence-corrected chi connectivity index (χ3v) is 6.48. The molecule has 0 aromatic rings. The number of esters is 1. The van der Waals surface area contributed by atoms with Crippen molar-refractivity contribution in [2.75, 3.05) is 6.61 Å². The molecule has 0 unspecified atom stereocenters. The van der Waals surface area contributed by atoms with Crippen LogP contribution in [0.1, 0.15) is 103 Å². The fraction of sp³-hybridized carbons (Fsp3) is 0.957. The fourth-order valence-electron chi connectivity index (χ4n) is 1.96. The molecular formula is C23H46O3. The van der Waals surface area contributed by atoms with E-state index in [1.807, 2.05) is 27.7 Å². The SMILES string of the molecule is CC(C)C(C)(C)COC(C)(C)CCC(C)(C)OC(=O)C(C)(C)C(C)(C)C. The van der Waals surface area contributed by atoms with Gasteiger partial charge in [-0.25, -0.2) is 0 Å². The molecule has 0 bridgehead atoms. The van der Waals surface area contributed by atoms with Crippen LogP contribution in [-0.2, 0) is 14.3 Å². The normalized spacial score (nSPS) is 14.7. The molecule has 3 heteroatoms. The second-order valence-corrected chi connectivity index (χ2v) is 11.7. The van der Waals surface area contributed by atoms with Crippen LogP contribution in [0.15, 0.2) is 0 Å². The van der Waals surface area contributed by atoms with Gasteiger partial charge in [-0.3, -0.25) is 4.79 Å². The largest absolute Gasteiger partial charge is 0.459 e. The van der Waals surface area contributed by atoms with E-state index >= 15 is 0 Å². The highest BCUT2D eigenvalue weighted by Crippen LogP contribution is 2.40. The number of carbonyl (C=O) groups is 1. The molecule has 0 radical (unpaired) electrons. The molecule has 0 saturated heterocycles. The first-order valence-corrected chi connectivity index (χ1v) is 10.1. The molecule has 0 atom stereocenters. The highest BCUT2D eigenvalue weighted by molar-refractivity contribution is 5.77. The summed E-state index contributed by atoms with van der Waals surface area (Å²) in [5.74, 6) is 0.435. The molecule has 0 N–H and O–H groups in total. The molecule has 0 aliphatic heterocycles. The lowest BCUT2D eigenvalue weighted by Gasteiger charge is -2.40. The molecule has 156 valence electrons. The molecule has 0 aliphatic rings. The highest BCUT2D eigenvalue weighted by atomic mass is 16.6. The van der Waals surface area contributed by atoms with E-state index in [1.54, 1.807) is 0 Å². The van der Waals surface area contributed by atoms with Crippen LogP contribution < -0.4 is 0 Å². The van der Waals surface area contributed by atoms with Crippen LogP contribution in [0.25, 0.3) is 0 Å². The van der Waals surface area contributed by atoms with Crippen LogP contribution in [0.2, 0.25) is 0 Å². The highest BCUT2D eigenvalue weighted by Gasteiger charge is 2.43. The summed E-state index contributed by atoms with van der Waals surface area (Å²) in [5.41, 5.74) is -1.28. The third-order valence-electron chi connectivity index (χ3n) is 6.48. The van der Waals surface area contributed by atoms with Crippen molar-refractivity contribution in [1.82, 2.24) is 0 Å². The lowest BCUT2D eigenvalue weighted by atomic mass is 9.69. The van der Waals surface area contributed by atoms with Crippen LogP contribution in [0, 0.1) is 22.2 Å². The molecule has 0 heterocycles. The molecule has 0 aromatic heterocycles. The van der Waals surface area contributed by atoms with Crippen molar-refractivity contribution in [3.05, 3.63) is 0 Å². The molecule has 0 aliphatic carbocycles. The minimum absolute atomic E-state index is 0.130. The van der Waals surface area contributed by atoms with E-state index in [4.69, 9.17) is 9.47 Å². The van der Waals surface area contributed by atoms with Crippen molar-refractivity contribution in [3.63, 3.8) is 0 Å². The summed E-state index contributed by atoms with van der Waals surface area (Å²) in [6, 6.07) is 0. The van der Waals surface area contributed by atoms with Crippen molar-refractivity contribution in [2.45, 2.75) is 114 Å². The third kappa shape index (κ3) is 7.58. The molecule has 0 saturated carbocycles. The molecule has 3 nitrogen and oxygen atoms in total. The Bertz CT molecular complexity index is 462. The van der Waals surface area contributed by atoms with Gasteiger partial charge in [0.1, 0.15) is 5.60 Å². The van der Waals surface area contributed by atoms with E-state index in [0.29, 0.717) is 5.92 Å². The van der Waals surface area contributed by atoms with Gasteiger partial charge in [-0.1, -0.05) is 48.5 Å². The van der Waals surface area contributed by atoms with E-state index < -0.39 is 11.0 Å². The maximum Gasteiger partial charge on any atom is 0.312 e. The number of hydrogen-bond donors (Lipinski definition) is 0. The Morgan fingerprint density at radius 2 is 1.19 bits per heavy atom. The van der Waals surface area contributed by atoms with E-state index in [2.05, 4.69) is 62.3 Å². The van der Waals surface area contributed by atoms with E-state index in [9.17, 15) is 4.79 Å². The zero-order valence-electron chi connectivity index (χ0n) is 19.9. The summed E-state index contributed by atoms with van der Waals surface area (Å²) >= 11 is 0. The zero-order chi connectivity index (χ0) is 21.2. The summed E-state index contributed by atoms with van der Waals surface area (Å²) in [4.78, 5) is 12.7. The van der Waals surface area contributed by atoms with Crippen LogP contribution in [0.4, 0.5) is 0 Å². The molecule has 0 amide bonds. The molecule has 0 aromatic carbocycles. The first-order valence-electron chi connectivity index (χ1n) is 10.1. The Hall–Kier alpha value is -0.570. The van der Waals surface area contributed by atoms with Crippen molar-refractivity contribution in [3.8, 4) is 0 Å². The summed E-state index contributed by atoms with van der Waals surface area (Å²) in [7, 11) is 0. The Morgan fingerprint density at radius 3 is 1.58 bits per heavy atom. The number of carbonyl (C=O) groups excluding carboxylic acids is 1. The molecule has 0 fully saturated rings. The van der Waals surface area contributed by atoms with E-state index in [1.165, 1.54) is 0 Å². The summed E-state index contributed by atoms with van der Waals surface area (Å²) in [6.07, 6.45) is 1.62. The topological polar surface area (TPSA) is 35.5 Å². The van der Waals surface area contributed by atoms with Gasteiger partial charge in [-0.05, 0) is 71.1 Å². The quantitative estimate of drug-likeness (QED) is 0.427. The van der Waals surface area contributed by atoms with Crippen molar-refractivity contribution >= 4 is 5.97 Å². The Kier molecular flexibility index (Phi) is 8.02. The monoisotopic (exact) mass is 370 g/mol. The van der Waals surface area contributed by atoms with E-state index in [0.717, 1.165) is 19.4 Å². The van der Waals surface area contributed by atoms with Gasteiger partial charge in [0.15, 0.2) is 0 Å². The summed E-state index contributed by atoms with van der Waals surface area (Å²) in [6.45, 7) is 28.1. The van der Waals surface area contributed by atoms with Crippen LogP contribution >= 0.6 is 0 Å². The maximum absolute atomic E-state index is 12.7. The van der Waals surface area contributed by atoms with Gasteiger partial charge < -0.3 is 9.47 Å². The minimum Gasteiger partial charge on any atom is -0.459 e. The first-order chi connectivity index (χ1) is 11.2. The van der Waals surface area contributed by atoms with Crippen molar-refractivity contribution < 1.29 is 14.3 Å². The number of hydrogen-bond acceptors (Lipinski definition) is 3. The van der Waals surface area contributed by atoms with Gasteiger partial charge in [0, 0.05) is 0 Å². The number of ether oxygens (including phenoxy) is 2. The average molecular weight is 371 g/mol. The Balaban J connectivity index is 4.79. The van der Waals surface area contributed by atoms with Crippen LogP contribution in [0.5, 0.6) is 0 Å². The summed E-state index contributed by atoms with van der Waals surface area (Å²) < 4.78 is 12.2. The van der Waals surface area contributed by atoms with Crippen LogP contribution in [-0.4, -0.2) is 23.8 Å². The first kappa shape index (κ1) is 25.4. The second-order valence-electron chi connectivity index (χ2n) is 11.7. The zero-order valence-corrected chi connectivity index (χ0v) is 19.9. The second kappa shape index (κ2) is 8.20. The lowest BCUT2D eigenvalue weighted by molar-refractivity contribution is -0.175. The predicted molar refractivity (Wildman–Crippen MR) is 111 cm³/mol. The van der Waals surface area contributed by atoms with Gasteiger partial charge in [0.25, 0.3) is 0 Å². The van der Waals surface area contributed by atoms with Gasteiger partial charge in [-0.2, -0.15) is 0 Å². The van der Waals surface area contributed by atoms with Gasteiger partial charge in [-0.15, -0.1) is 0 Å².